The Labute approximate surface area is 296 Å². The van der Waals surface area contributed by atoms with Gasteiger partial charge in [0.2, 0.25) is 0 Å². The Kier molecular flexibility index (Phi) is 16.0. The molecule has 0 bridgehead atoms. The molecule has 0 aliphatic carbocycles. The monoisotopic (exact) mass is 696 g/mol. The highest BCUT2D eigenvalue weighted by molar-refractivity contribution is 7.30. The average molecular weight is 697 g/mol. The Hall–Kier alpha value is -4.50. The Morgan fingerprint density at radius 2 is 1.12 bits per heavy atom. The average Bonchev–Trinajstić information content (AvgIpc) is 3.83. The topological polar surface area (TPSA) is 79.6 Å². The summed E-state index contributed by atoms with van der Waals surface area (Å²) in [5.74, 6) is 2.87. The van der Waals surface area contributed by atoms with E-state index in [2.05, 4.69) is 77.7 Å². The van der Waals surface area contributed by atoms with E-state index in [0.29, 0.717) is 11.5 Å². The summed E-state index contributed by atoms with van der Waals surface area (Å²) in [4.78, 5) is 2.86. The first-order valence-corrected chi connectivity index (χ1v) is 17.6. The van der Waals surface area contributed by atoms with Crippen LogP contribution in [0.2, 0.25) is 0 Å². The summed E-state index contributed by atoms with van der Waals surface area (Å²) in [6.07, 6.45) is 8.78. The number of hydrogen-bond donors (Lipinski definition) is 3. The van der Waals surface area contributed by atoms with E-state index >= 15 is 0 Å². The molecule has 6 rings (SSSR count). The number of aryl methyl sites for hydroxylation is 6. The molecule has 6 nitrogen and oxygen atoms in total. The van der Waals surface area contributed by atoms with Gasteiger partial charge in [0.15, 0.2) is 8.96 Å². The van der Waals surface area contributed by atoms with Gasteiger partial charge in [0, 0.05) is 41.8 Å². The number of nitrogens with one attached hydrogen (secondary N) is 1. The van der Waals surface area contributed by atoms with Crippen LogP contribution in [0.3, 0.4) is 0 Å². The zero-order valence-corrected chi connectivity index (χ0v) is 31.7. The molecule has 0 saturated carbocycles. The summed E-state index contributed by atoms with van der Waals surface area (Å²) in [7, 11) is 2.64. The molecule has 0 spiro atoms. The molecule has 49 heavy (non-hydrogen) atoms. The van der Waals surface area contributed by atoms with E-state index in [1.165, 1.54) is 27.8 Å². The molecule has 258 valence electrons. The lowest BCUT2D eigenvalue weighted by Crippen LogP contribution is -2.06. The van der Waals surface area contributed by atoms with Crippen LogP contribution in [0.4, 0.5) is 0 Å². The number of hydrogen-bond acceptors (Lipinski definition) is 4. The van der Waals surface area contributed by atoms with Crippen molar-refractivity contribution < 1.29 is 19.3 Å². The van der Waals surface area contributed by atoms with Gasteiger partial charge in [-0.25, -0.2) is 0 Å². The Bertz CT molecular complexity index is 1730. The van der Waals surface area contributed by atoms with Crippen LogP contribution in [0.5, 0.6) is 23.0 Å². The highest BCUT2D eigenvalue weighted by Crippen LogP contribution is 2.44. The Balaban J connectivity index is 0.000000246. The van der Waals surface area contributed by atoms with Crippen LogP contribution >= 0.6 is 18.4 Å². The first-order chi connectivity index (χ1) is 23.5. The second-order valence-electron chi connectivity index (χ2n) is 11.8. The summed E-state index contributed by atoms with van der Waals surface area (Å²) < 4.78 is 14.1. The van der Waals surface area contributed by atoms with Gasteiger partial charge < -0.3 is 28.6 Å². The molecule has 8 heteroatoms. The highest BCUT2D eigenvalue weighted by Gasteiger charge is 2.23. The highest BCUT2D eigenvalue weighted by atomic mass is 31.1. The van der Waals surface area contributed by atoms with E-state index in [1.54, 1.807) is 12.1 Å². The van der Waals surface area contributed by atoms with Crippen molar-refractivity contribution in [2.45, 2.75) is 60.8 Å². The van der Waals surface area contributed by atoms with Gasteiger partial charge in [0.1, 0.15) is 23.0 Å². The van der Waals surface area contributed by atoms with E-state index < -0.39 is 0 Å². The van der Waals surface area contributed by atoms with Crippen molar-refractivity contribution in [2.75, 3.05) is 0 Å². The van der Waals surface area contributed by atoms with Gasteiger partial charge in [-0.05, 0) is 107 Å². The van der Waals surface area contributed by atoms with E-state index in [0.717, 1.165) is 34.6 Å². The second kappa shape index (κ2) is 20.1. The van der Waals surface area contributed by atoms with Crippen molar-refractivity contribution in [3.05, 3.63) is 166 Å². The van der Waals surface area contributed by atoms with E-state index in [4.69, 9.17) is 19.3 Å². The normalized spacial score (nSPS) is 10.9. The fraction of sp³-hybridized carbons (Fsp3) is 0.220. The maximum absolute atomic E-state index is 8.92. The molecule has 0 radical (unpaired) electrons. The summed E-state index contributed by atoms with van der Waals surface area (Å²) in [6, 6.07) is 31.3. The number of aromatic hydroxyl groups is 2. The number of H-pyrrole nitrogens is 1. The smallest absolute Gasteiger partial charge is 0.181 e. The standard InChI is InChI=1S/C23H29NO2P2.2C7H8O.C4H5N/c1-6-19(20-13-15(2)11-17(4)22(20)25-27)21-14-16(3)12-18(5)23(21)26-28-24-9-7-8-10-24;2*1-6-4-2-3-5-7(6)8;1-2-4-5-3-1/h7-14,19,28H,6,27H2,1-5H3;2*2-5,8H,1H3;1-5H. The van der Waals surface area contributed by atoms with Gasteiger partial charge in [-0.2, -0.15) is 0 Å². The molecule has 4 aromatic carbocycles. The van der Waals surface area contributed by atoms with Crippen LogP contribution < -0.4 is 9.05 Å². The van der Waals surface area contributed by atoms with Gasteiger partial charge in [-0.3, -0.25) is 0 Å². The number of phenolic OH excluding ortho intramolecular Hbond substituents is 2. The lowest BCUT2D eigenvalue weighted by Gasteiger charge is -2.25. The predicted octanol–water partition coefficient (Wildman–Crippen LogP) is 11.3. The van der Waals surface area contributed by atoms with Gasteiger partial charge in [-0.15, -0.1) is 0 Å². The molecule has 0 aliphatic heterocycles. The van der Waals surface area contributed by atoms with Gasteiger partial charge in [-0.1, -0.05) is 78.7 Å². The van der Waals surface area contributed by atoms with E-state index in [-0.39, 0.29) is 14.9 Å². The Morgan fingerprint density at radius 1 is 0.653 bits per heavy atom. The largest absolute Gasteiger partial charge is 0.508 e. The van der Waals surface area contributed by atoms with Crippen LogP contribution in [0.25, 0.3) is 0 Å². The maximum Gasteiger partial charge on any atom is 0.181 e. The number of benzene rings is 4. The van der Waals surface area contributed by atoms with Crippen molar-refractivity contribution in [1.82, 2.24) is 9.32 Å². The fourth-order valence-electron chi connectivity index (χ4n) is 5.30. The molecule has 3 atom stereocenters. The summed E-state index contributed by atoms with van der Waals surface area (Å²) in [5, 5.41) is 17.8. The number of phenols is 2. The van der Waals surface area contributed by atoms with E-state index in [9.17, 15) is 0 Å². The predicted molar refractivity (Wildman–Crippen MR) is 210 cm³/mol. The van der Waals surface area contributed by atoms with Crippen LogP contribution in [0.1, 0.15) is 63.8 Å². The van der Waals surface area contributed by atoms with Crippen LogP contribution in [-0.4, -0.2) is 19.5 Å². The molecule has 3 unspecified atom stereocenters. The minimum Gasteiger partial charge on any atom is -0.508 e. The third-order valence-corrected chi connectivity index (χ3v) is 8.80. The van der Waals surface area contributed by atoms with Crippen LogP contribution in [-0.2, 0) is 0 Å². The lowest BCUT2D eigenvalue weighted by atomic mass is 9.84. The minimum absolute atomic E-state index is 0.206. The molecule has 2 aromatic heterocycles. The lowest BCUT2D eigenvalue weighted by molar-refractivity contribution is 0.470. The van der Waals surface area contributed by atoms with Crippen molar-refractivity contribution in [3.63, 3.8) is 0 Å². The number of para-hydroxylation sites is 2. The van der Waals surface area contributed by atoms with Gasteiger partial charge >= 0.3 is 0 Å². The van der Waals surface area contributed by atoms with Crippen molar-refractivity contribution in [3.8, 4) is 23.0 Å². The molecular formula is C41H50N2O4P2. The third-order valence-electron chi connectivity index (χ3n) is 7.76. The summed E-state index contributed by atoms with van der Waals surface area (Å²) in [5.41, 5.74) is 9.12. The van der Waals surface area contributed by atoms with Gasteiger partial charge in [0.25, 0.3) is 0 Å². The number of aromatic amines is 1. The van der Waals surface area contributed by atoms with Crippen molar-refractivity contribution in [1.29, 1.82) is 0 Å². The zero-order valence-electron chi connectivity index (χ0n) is 29.6. The molecule has 0 fully saturated rings. The molecule has 0 saturated heterocycles. The van der Waals surface area contributed by atoms with Crippen molar-refractivity contribution in [2.24, 2.45) is 0 Å². The second-order valence-corrected chi connectivity index (χ2v) is 13.0. The SMILES string of the molecule is CCC(c1cc(C)cc(C)c1OP)c1cc(C)cc(C)c1OPn1cccc1.Cc1ccccc1O.Cc1ccccc1O.c1cc[nH]c1. The summed E-state index contributed by atoms with van der Waals surface area (Å²) >= 11 is 0. The van der Waals surface area contributed by atoms with Crippen molar-refractivity contribution >= 4 is 18.4 Å². The minimum atomic E-state index is 0.206. The maximum atomic E-state index is 8.92. The molecule has 2 heterocycles. The Morgan fingerprint density at radius 3 is 1.51 bits per heavy atom. The van der Waals surface area contributed by atoms with Crippen LogP contribution in [0, 0.1) is 41.5 Å². The molecule has 6 aromatic rings. The molecule has 0 aliphatic rings. The number of rotatable bonds is 7. The van der Waals surface area contributed by atoms with Crippen LogP contribution in [0.15, 0.2) is 122 Å². The zero-order chi connectivity index (χ0) is 35.8. The number of aromatic nitrogens is 2. The first kappa shape index (κ1) is 38.9. The third kappa shape index (κ3) is 12.2. The molecule has 0 amide bonds. The fourth-order valence-corrected chi connectivity index (χ4v) is 6.39. The molecular weight excluding hydrogens is 646 g/mol. The first-order valence-electron chi connectivity index (χ1n) is 16.3. The molecule has 3 N–H and O–H groups in total. The summed E-state index contributed by atoms with van der Waals surface area (Å²) in [6.45, 7) is 14.5. The quantitative estimate of drug-likeness (QED) is 0.145. The van der Waals surface area contributed by atoms with Gasteiger partial charge in [0.05, 0.1) is 9.47 Å². The number of nitrogens with zero attached hydrogens (tertiary/aromatic N) is 1. The van der Waals surface area contributed by atoms with E-state index in [1.807, 2.05) is 99.3 Å².